The van der Waals surface area contributed by atoms with Crippen molar-refractivity contribution < 1.29 is 19.4 Å². The molecular weight excluding hydrogens is 430 g/mol. The second kappa shape index (κ2) is 11.0. The number of carbonyl (C=O) groups excluding carboxylic acids is 1. The molecule has 7 nitrogen and oxygen atoms in total. The molecule has 1 aromatic heterocycles. The normalized spacial score (nSPS) is 10.6. The van der Waals surface area contributed by atoms with E-state index in [1.54, 1.807) is 12.1 Å². The Balaban J connectivity index is 1.60. The summed E-state index contributed by atoms with van der Waals surface area (Å²) in [7, 11) is 0. The van der Waals surface area contributed by atoms with Crippen molar-refractivity contribution in [1.82, 2.24) is 15.0 Å². The SMILES string of the molecule is CCCC(=O)OCCOc1ccc(-c2nc(-c3ccccc3)nc(-c3ccccc3)n2)c(O)c1. The minimum absolute atomic E-state index is 0.0234. The van der Waals surface area contributed by atoms with Crippen molar-refractivity contribution in [2.45, 2.75) is 19.8 Å². The number of benzene rings is 3. The molecule has 0 aliphatic rings. The quantitative estimate of drug-likeness (QED) is 0.270. The Bertz CT molecular complexity index is 1190. The lowest BCUT2D eigenvalue weighted by Crippen LogP contribution is -2.11. The third-order valence-corrected chi connectivity index (χ3v) is 4.98. The molecule has 0 bridgehead atoms. The first-order valence-corrected chi connectivity index (χ1v) is 11.1. The molecule has 0 saturated heterocycles. The highest BCUT2D eigenvalue weighted by Crippen LogP contribution is 2.32. The van der Waals surface area contributed by atoms with E-state index in [1.807, 2.05) is 67.6 Å². The topological polar surface area (TPSA) is 94.4 Å². The molecule has 0 saturated carbocycles. The second-order valence-electron chi connectivity index (χ2n) is 7.54. The number of rotatable bonds is 9. The fourth-order valence-electron chi connectivity index (χ4n) is 3.31. The van der Waals surface area contributed by atoms with Gasteiger partial charge in [-0.15, -0.1) is 0 Å². The lowest BCUT2D eigenvalue weighted by molar-refractivity contribution is -0.144. The molecule has 0 spiro atoms. The average molecular weight is 456 g/mol. The number of hydrogen-bond acceptors (Lipinski definition) is 7. The summed E-state index contributed by atoms with van der Waals surface area (Å²) in [6.45, 7) is 2.26. The minimum Gasteiger partial charge on any atom is -0.507 e. The number of esters is 1. The maximum Gasteiger partial charge on any atom is 0.305 e. The lowest BCUT2D eigenvalue weighted by Gasteiger charge is -2.11. The van der Waals surface area contributed by atoms with E-state index >= 15 is 0 Å². The molecule has 1 heterocycles. The zero-order valence-electron chi connectivity index (χ0n) is 18.8. The van der Waals surface area contributed by atoms with Crippen molar-refractivity contribution in [2.75, 3.05) is 13.2 Å². The smallest absolute Gasteiger partial charge is 0.305 e. The van der Waals surface area contributed by atoms with Gasteiger partial charge in [0.25, 0.3) is 0 Å². The minimum atomic E-state index is -0.248. The van der Waals surface area contributed by atoms with Crippen molar-refractivity contribution in [3.8, 4) is 45.7 Å². The van der Waals surface area contributed by atoms with E-state index in [9.17, 15) is 9.90 Å². The van der Waals surface area contributed by atoms with Crippen LogP contribution in [0.15, 0.2) is 78.9 Å². The van der Waals surface area contributed by atoms with Crippen molar-refractivity contribution in [2.24, 2.45) is 0 Å². The largest absolute Gasteiger partial charge is 0.507 e. The van der Waals surface area contributed by atoms with Gasteiger partial charge in [-0.25, -0.2) is 15.0 Å². The maximum absolute atomic E-state index is 11.4. The van der Waals surface area contributed by atoms with Gasteiger partial charge in [0.1, 0.15) is 24.7 Å². The summed E-state index contributed by atoms with van der Waals surface area (Å²) >= 11 is 0. The molecule has 0 amide bonds. The van der Waals surface area contributed by atoms with Crippen molar-refractivity contribution >= 4 is 5.97 Å². The number of hydrogen-bond donors (Lipinski definition) is 1. The van der Waals surface area contributed by atoms with Crippen LogP contribution in [0.5, 0.6) is 11.5 Å². The number of carbonyl (C=O) groups is 1. The second-order valence-corrected chi connectivity index (χ2v) is 7.54. The Morgan fingerprint density at radius 2 is 1.38 bits per heavy atom. The standard InChI is InChI=1S/C27H25N3O4/c1-2-9-24(32)34-17-16-33-21-14-15-22(23(31)18-21)27-29-25(19-10-5-3-6-11-19)28-26(30-27)20-12-7-4-8-13-20/h3-8,10-15,18,31H,2,9,16-17H2,1H3. The highest BCUT2D eigenvalue weighted by atomic mass is 16.6. The first-order chi connectivity index (χ1) is 16.6. The molecule has 4 rings (SSSR count). The van der Waals surface area contributed by atoms with Gasteiger partial charge in [0.05, 0.1) is 5.56 Å². The number of ether oxygens (including phenoxy) is 2. The van der Waals surface area contributed by atoms with Crippen LogP contribution < -0.4 is 4.74 Å². The van der Waals surface area contributed by atoms with Gasteiger partial charge in [-0.2, -0.15) is 0 Å². The Labute approximate surface area is 198 Å². The van der Waals surface area contributed by atoms with E-state index in [0.29, 0.717) is 35.2 Å². The van der Waals surface area contributed by atoms with Crippen LogP contribution in [-0.4, -0.2) is 39.2 Å². The van der Waals surface area contributed by atoms with Gasteiger partial charge in [-0.05, 0) is 18.6 Å². The van der Waals surface area contributed by atoms with Crippen molar-refractivity contribution in [1.29, 1.82) is 0 Å². The van der Waals surface area contributed by atoms with Crippen molar-refractivity contribution in [3.63, 3.8) is 0 Å². The lowest BCUT2D eigenvalue weighted by atomic mass is 10.1. The molecule has 0 radical (unpaired) electrons. The first kappa shape index (κ1) is 22.9. The molecule has 3 aromatic carbocycles. The monoisotopic (exact) mass is 455 g/mol. The van der Waals surface area contributed by atoms with Crippen molar-refractivity contribution in [3.05, 3.63) is 78.9 Å². The van der Waals surface area contributed by atoms with E-state index < -0.39 is 0 Å². The van der Waals surface area contributed by atoms with Gasteiger partial charge in [-0.1, -0.05) is 67.6 Å². The Hall–Kier alpha value is -4.26. The molecule has 1 N–H and O–H groups in total. The highest BCUT2D eigenvalue weighted by Gasteiger charge is 2.15. The highest BCUT2D eigenvalue weighted by molar-refractivity contribution is 5.70. The molecular formula is C27H25N3O4. The molecule has 0 atom stereocenters. The predicted octanol–water partition coefficient (Wildman–Crippen LogP) is 5.30. The average Bonchev–Trinajstić information content (AvgIpc) is 2.88. The summed E-state index contributed by atoms with van der Waals surface area (Å²) < 4.78 is 10.7. The van der Waals surface area contributed by atoms with Crippen LogP contribution >= 0.6 is 0 Å². The van der Waals surface area contributed by atoms with Crippen LogP contribution in [-0.2, 0) is 9.53 Å². The summed E-state index contributed by atoms with van der Waals surface area (Å²) in [6.07, 6.45) is 1.13. The first-order valence-electron chi connectivity index (χ1n) is 11.1. The summed E-state index contributed by atoms with van der Waals surface area (Å²) in [6, 6.07) is 24.2. The number of aromatic hydroxyl groups is 1. The Kier molecular flexibility index (Phi) is 7.45. The molecule has 34 heavy (non-hydrogen) atoms. The zero-order valence-corrected chi connectivity index (χ0v) is 18.8. The Morgan fingerprint density at radius 3 is 1.94 bits per heavy atom. The predicted molar refractivity (Wildman–Crippen MR) is 129 cm³/mol. The molecule has 0 fully saturated rings. The molecule has 172 valence electrons. The van der Waals surface area contributed by atoms with Crippen LogP contribution in [0.2, 0.25) is 0 Å². The van der Waals surface area contributed by atoms with Crippen LogP contribution in [0.3, 0.4) is 0 Å². The summed E-state index contributed by atoms with van der Waals surface area (Å²) in [4.78, 5) is 25.3. The molecule has 4 aromatic rings. The zero-order chi connectivity index (χ0) is 23.8. The van der Waals surface area contributed by atoms with Crippen LogP contribution in [0.1, 0.15) is 19.8 Å². The number of phenols is 1. The third kappa shape index (κ3) is 5.75. The molecule has 0 aliphatic carbocycles. The fourth-order valence-corrected chi connectivity index (χ4v) is 3.31. The summed E-state index contributed by atoms with van der Waals surface area (Å²) in [5.74, 6) is 1.56. The van der Waals surface area contributed by atoms with E-state index in [2.05, 4.69) is 15.0 Å². The van der Waals surface area contributed by atoms with Gasteiger partial charge >= 0.3 is 5.97 Å². The number of aromatic nitrogens is 3. The van der Waals surface area contributed by atoms with Gasteiger partial charge in [0, 0.05) is 23.6 Å². The number of nitrogens with zero attached hydrogens (tertiary/aromatic N) is 3. The van der Waals surface area contributed by atoms with Gasteiger partial charge in [0.15, 0.2) is 17.5 Å². The van der Waals surface area contributed by atoms with Crippen LogP contribution in [0.4, 0.5) is 0 Å². The fraction of sp³-hybridized carbons (Fsp3) is 0.185. The van der Waals surface area contributed by atoms with Crippen LogP contribution in [0.25, 0.3) is 34.2 Å². The summed E-state index contributed by atoms with van der Waals surface area (Å²) in [5.41, 5.74) is 2.15. The maximum atomic E-state index is 11.4. The summed E-state index contributed by atoms with van der Waals surface area (Å²) in [5, 5.41) is 10.7. The van der Waals surface area contributed by atoms with E-state index in [1.165, 1.54) is 6.07 Å². The molecule has 0 unspecified atom stereocenters. The molecule has 7 heteroatoms. The van der Waals surface area contributed by atoms with Crippen LogP contribution in [0, 0.1) is 0 Å². The van der Waals surface area contributed by atoms with E-state index in [4.69, 9.17) is 9.47 Å². The van der Waals surface area contributed by atoms with Gasteiger partial charge in [0.2, 0.25) is 0 Å². The molecule has 0 aliphatic heterocycles. The Morgan fingerprint density at radius 1 is 0.794 bits per heavy atom. The van der Waals surface area contributed by atoms with E-state index in [0.717, 1.165) is 17.5 Å². The van der Waals surface area contributed by atoms with Gasteiger partial charge in [-0.3, -0.25) is 4.79 Å². The third-order valence-electron chi connectivity index (χ3n) is 4.98. The van der Waals surface area contributed by atoms with E-state index in [-0.39, 0.29) is 24.9 Å². The van der Waals surface area contributed by atoms with Gasteiger partial charge < -0.3 is 14.6 Å². The number of phenolic OH excluding ortho intramolecular Hbond substituents is 1.